The summed E-state index contributed by atoms with van der Waals surface area (Å²) in [7, 11) is 0. The highest BCUT2D eigenvalue weighted by Crippen LogP contribution is 2.50. The van der Waals surface area contributed by atoms with Crippen LogP contribution in [-0.2, 0) is 0 Å². The van der Waals surface area contributed by atoms with Gasteiger partial charge in [-0.2, -0.15) is 5.26 Å². The van der Waals surface area contributed by atoms with Crippen molar-refractivity contribution in [2.45, 2.75) is 39.5 Å². The van der Waals surface area contributed by atoms with Gasteiger partial charge in [0.15, 0.2) is 0 Å². The van der Waals surface area contributed by atoms with Crippen LogP contribution in [0.5, 0.6) is 5.75 Å². The molecule has 1 atom stereocenters. The lowest BCUT2D eigenvalue weighted by Crippen LogP contribution is -2.21. The van der Waals surface area contributed by atoms with Gasteiger partial charge < -0.3 is 10.5 Å². The van der Waals surface area contributed by atoms with Crippen molar-refractivity contribution in [1.82, 2.24) is 0 Å². The van der Waals surface area contributed by atoms with Crippen LogP contribution in [0.4, 0.5) is 0 Å². The van der Waals surface area contributed by atoms with Crippen LogP contribution in [0.1, 0.15) is 53.5 Å². The molecule has 0 fully saturated rings. The number of aryl methyl sites for hydroxylation is 2. The van der Waals surface area contributed by atoms with Crippen molar-refractivity contribution in [3.8, 4) is 22.9 Å². The normalized spacial score (nSPS) is 15.7. The maximum atomic E-state index is 10.1. The summed E-state index contributed by atoms with van der Waals surface area (Å²) in [6, 6.07) is 23.6. The van der Waals surface area contributed by atoms with E-state index < -0.39 is 0 Å². The Morgan fingerprint density at radius 1 is 0.969 bits per heavy atom. The average molecular weight is 419 g/mol. The number of nitriles is 1. The number of hydrogen-bond acceptors (Lipinski definition) is 3. The Kier molecular flexibility index (Phi) is 4.68. The van der Waals surface area contributed by atoms with Crippen LogP contribution >= 0.6 is 0 Å². The number of rotatable bonds is 2. The van der Waals surface area contributed by atoms with E-state index in [2.05, 4.69) is 70.2 Å². The Morgan fingerprint density at radius 2 is 1.75 bits per heavy atom. The van der Waals surface area contributed by atoms with Gasteiger partial charge in [-0.1, -0.05) is 68.4 Å². The maximum Gasteiger partial charge on any atom is 0.205 e. The van der Waals surface area contributed by atoms with Crippen molar-refractivity contribution >= 4 is 10.8 Å². The van der Waals surface area contributed by atoms with E-state index in [4.69, 9.17) is 10.5 Å². The molecule has 0 radical (unpaired) electrons. The average Bonchev–Trinajstić information content (AvgIpc) is 2.98. The topological polar surface area (TPSA) is 59.0 Å². The number of nitrogens with zero attached hydrogens (tertiary/aromatic N) is 1. The number of fused-ring (bicyclic) bond motifs is 4. The van der Waals surface area contributed by atoms with Gasteiger partial charge in [-0.15, -0.1) is 0 Å². The lowest BCUT2D eigenvalue weighted by Gasteiger charge is -2.28. The molecule has 2 aromatic rings. The minimum Gasteiger partial charge on any atom is -0.440 e. The molecule has 0 aromatic heterocycles. The van der Waals surface area contributed by atoms with E-state index in [0.717, 1.165) is 27.6 Å². The highest BCUT2D eigenvalue weighted by Gasteiger charge is 2.35. The summed E-state index contributed by atoms with van der Waals surface area (Å²) in [4.78, 5) is 0. The highest BCUT2D eigenvalue weighted by atomic mass is 16.5. The molecule has 32 heavy (non-hydrogen) atoms. The molecular formula is C29H26N2O. The van der Waals surface area contributed by atoms with Gasteiger partial charge >= 0.3 is 0 Å². The number of ether oxygens (including phenoxy) is 1. The Morgan fingerprint density at radius 3 is 2.50 bits per heavy atom. The summed E-state index contributed by atoms with van der Waals surface area (Å²) in [5.74, 6) is 1.06. The van der Waals surface area contributed by atoms with E-state index in [1.807, 2.05) is 24.3 Å². The minimum atomic E-state index is -0.283. The van der Waals surface area contributed by atoms with E-state index in [1.165, 1.54) is 27.8 Å². The molecule has 3 aliphatic rings. The zero-order valence-electron chi connectivity index (χ0n) is 18.9. The molecule has 0 saturated carbocycles. The monoisotopic (exact) mass is 418 g/mol. The molecule has 1 heterocycles. The largest absolute Gasteiger partial charge is 0.440 e. The third-order valence-corrected chi connectivity index (χ3v) is 6.68. The molecule has 2 aliphatic carbocycles. The Bertz CT molecular complexity index is 1420. The molecule has 0 bridgehead atoms. The summed E-state index contributed by atoms with van der Waals surface area (Å²) < 4.78 is 5.95. The Labute approximate surface area is 189 Å². The van der Waals surface area contributed by atoms with Crippen molar-refractivity contribution in [2.75, 3.05) is 0 Å². The lowest BCUT2D eigenvalue weighted by atomic mass is 9.80. The highest BCUT2D eigenvalue weighted by molar-refractivity contribution is 5.91. The standard InChI is InChI=1S/C29H26N2O/c1-16(2)20-10-9-17(3)26-22(14-20)18(4)13-23(26)27-24(15-30)29(31)32-25-12-11-19-7-5-6-8-21(19)28(25)27/h5-14,16,27H,31H2,1-4H3. The van der Waals surface area contributed by atoms with Crippen LogP contribution in [-0.4, -0.2) is 0 Å². The van der Waals surface area contributed by atoms with Gasteiger partial charge in [0, 0.05) is 5.56 Å². The van der Waals surface area contributed by atoms with Crippen LogP contribution < -0.4 is 10.5 Å². The molecular weight excluding hydrogens is 392 g/mol. The van der Waals surface area contributed by atoms with Crippen molar-refractivity contribution in [3.05, 3.63) is 99.9 Å². The van der Waals surface area contributed by atoms with Crippen LogP contribution in [0.3, 0.4) is 0 Å². The van der Waals surface area contributed by atoms with Gasteiger partial charge in [0.05, 0.1) is 5.92 Å². The van der Waals surface area contributed by atoms with E-state index in [0.29, 0.717) is 11.5 Å². The molecule has 0 saturated heterocycles. The number of hydrogen-bond donors (Lipinski definition) is 1. The number of allylic oxidation sites excluding steroid dienone is 1. The zero-order chi connectivity index (χ0) is 22.6. The second-order valence-electron chi connectivity index (χ2n) is 9.01. The molecule has 0 amide bonds. The van der Waals surface area contributed by atoms with E-state index in [1.54, 1.807) is 0 Å². The first-order chi connectivity index (χ1) is 15.4. The second kappa shape index (κ2) is 7.43. The van der Waals surface area contributed by atoms with Crippen LogP contribution in [0, 0.1) is 25.2 Å². The van der Waals surface area contributed by atoms with Gasteiger partial charge in [-0.05, 0) is 70.0 Å². The van der Waals surface area contributed by atoms with E-state index >= 15 is 0 Å². The van der Waals surface area contributed by atoms with Crippen molar-refractivity contribution in [3.63, 3.8) is 0 Å². The smallest absolute Gasteiger partial charge is 0.205 e. The third-order valence-electron chi connectivity index (χ3n) is 6.68. The summed E-state index contributed by atoms with van der Waals surface area (Å²) in [5.41, 5.74) is 15.0. The summed E-state index contributed by atoms with van der Waals surface area (Å²) >= 11 is 0. The first kappa shape index (κ1) is 20.2. The molecule has 2 N–H and O–H groups in total. The van der Waals surface area contributed by atoms with Gasteiger partial charge in [-0.25, -0.2) is 0 Å². The maximum absolute atomic E-state index is 10.1. The summed E-state index contributed by atoms with van der Waals surface area (Å²) in [6.45, 7) is 8.73. The van der Waals surface area contributed by atoms with E-state index in [-0.39, 0.29) is 11.8 Å². The van der Waals surface area contributed by atoms with Crippen LogP contribution in [0.2, 0.25) is 0 Å². The summed E-state index contributed by atoms with van der Waals surface area (Å²) in [5, 5.41) is 12.3. The second-order valence-corrected chi connectivity index (χ2v) is 9.01. The molecule has 158 valence electrons. The third kappa shape index (κ3) is 2.95. The minimum absolute atomic E-state index is 0.188. The molecule has 3 nitrogen and oxygen atoms in total. The van der Waals surface area contributed by atoms with Crippen molar-refractivity contribution in [1.29, 1.82) is 5.26 Å². The first-order valence-corrected chi connectivity index (χ1v) is 11.0. The van der Waals surface area contributed by atoms with Gasteiger partial charge in [-0.3, -0.25) is 0 Å². The SMILES string of the molecule is Cc1cc(C2C(C#N)=C(N)Oc3ccc4ccccc4c32)c2c(C)ccc(C(C)C)cc1-2. The van der Waals surface area contributed by atoms with Crippen molar-refractivity contribution in [2.24, 2.45) is 5.73 Å². The quantitative estimate of drug-likeness (QED) is 0.385. The number of benzene rings is 2. The molecule has 1 unspecified atom stereocenters. The van der Waals surface area contributed by atoms with Gasteiger partial charge in [0.2, 0.25) is 5.88 Å². The van der Waals surface area contributed by atoms with Gasteiger partial charge in [0.1, 0.15) is 17.4 Å². The predicted molar refractivity (Wildman–Crippen MR) is 130 cm³/mol. The fourth-order valence-corrected chi connectivity index (χ4v) is 5.02. The van der Waals surface area contributed by atoms with E-state index in [9.17, 15) is 5.26 Å². The van der Waals surface area contributed by atoms with Crippen LogP contribution in [0.25, 0.3) is 21.9 Å². The summed E-state index contributed by atoms with van der Waals surface area (Å²) in [6.07, 6.45) is 0. The van der Waals surface area contributed by atoms with Crippen LogP contribution in [0.15, 0.2) is 72.1 Å². The molecule has 2 aromatic carbocycles. The molecule has 0 spiro atoms. The zero-order valence-corrected chi connectivity index (χ0v) is 18.9. The first-order valence-electron chi connectivity index (χ1n) is 11.0. The van der Waals surface area contributed by atoms with Gasteiger partial charge in [0.25, 0.3) is 0 Å². The molecule has 5 rings (SSSR count). The Hall–Kier alpha value is -3.77. The lowest BCUT2D eigenvalue weighted by molar-refractivity contribution is 0.395. The molecule has 3 heteroatoms. The fraction of sp³-hybridized carbons (Fsp3) is 0.207. The Balaban J connectivity index is 1.87. The molecule has 1 aliphatic heterocycles. The number of nitrogens with two attached hydrogens (primary N) is 1. The fourth-order valence-electron chi connectivity index (χ4n) is 5.02. The predicted octanol–water partition coefficient (Wildman–Crippen LogP) is 6.90. The van der Waals surface area contributed by atoms with Crippen molar-refractivity contribution < 1.29 is 4.74 Å².